The number of phosphoric acid groups is 1. The summed E-state index contributed by atoms with van der Waals surface area (Å²) in [6.07, 6.45) is 0.978. The molecule has 0 aliphatic rings. The average Bonchev–Trinajstić information content (AvgIpc) is 3.23. The first kappa shape index (κ1) is 45.9. The van der Waals surface area contributed by atoms with Crippen molar-refractivity contribution in [2.45, 2.75) is 69.1 Å². The fourth-order valence-corrected chi connectivity index (χ4v) is 7.23. The minimum absolute atomic E-state index is 0.00867. The van der Waals surface area contributed by atoms with E-state index in [0.29, 0.717) is 41.6 Å². The predicted octanol–water partition coefficient (Wildman–Crippen LogP) is 3.76. The van der Waals surface area contributed by atoms with Crippen molar-refractivity contribution >= 4 is 48.1 Å². The Morgan fingerprint density at radius 1 is 0.623 bits per heavy atom. The van der Waals surface area contributed by atoms with Gasteiger partial charge in [-0.25, -0.2) is 9.36 Å². The third kappa shape index (κ3) is 14.2. The molecule has 0 saturated carbocycles. The maximum absolute atomic E-state index is 14.1. The Kier molecular flexibility index (Phi) is 16.4. The first-order valence-corrected chi connectivity index (χ1v) is 21.3. The van der Waals surface area contributed by atoms with E-state index < -0.39 is 55.7 Å². The molecule has 15 nitrogen and oxygen atoms in total. The highest BCUT2D eigenvalue weighted by molar-refractivity contribution is 7.46. The van der Waals surface area contributed by atoms with Gasteiger partial charge < -0.3 is 37.0 Å². The lowest BCUT2D eigenvalue weighted by Gasteiger charge is -2.25. The second kappa shape index (κ2) is 21.9. The van der Waals surface area contributed by atoms with Crippen LogP contribution in [0.4, 0.5) is 0 Å². The van der Waals surface area contributed by atoms with Crippen molar-refractivity contribution in [3.8, 4) is 5.75 Å². The normalized spacial score (nSPS) is 13.3. The quantitative estimate of drug-likeness (QED) is 0.0281. The van der Waals surface area contributed by atoms with Crippen molar-refractivity contribution in [3.05, 3.63) is 149 Å². The SMILES string of the molecule is NCCCC[C@H](NC(=O)[C@H](Cc1ccccc1)NC(=O)[C@@H](N)Cc1ccccc1C(=O)Cc1ccc2ccccc2c1)C(=O)N[C@@H](Cc1ccc(OP(=O)(O)O)cc1)C(=O)O. The zero-order valence-corrected chi connectivity index (χ0v) is 34.2. The van der Waals surface area contributed by atoms with Gasteiger partial charge in [0, 0.05) is 24.8 Å². The monoisotopic (exact) mass is 851 g/mol. The van der Waals surface area contributed by atoms with Gasteiger partial charge in [-0.1, -0.05) is 109 Å². The molecule has 4 atom stereocenters. The highest BCUT2D eigenvalue weighted by atomic mass is 31.2. The number of ketones is 1. The second-order valence-corrected chi connectivity index (χ2v) is 15.8. The third-order valence-corrected chi connectivity index (χ3v) is 10.4. The molecule has 0 fully saturated rings. The molecular formula is C45H50N5O10P. The van der Waals surface area contributed by atoms with E-state index in [1.165, 1.54) is 24.3 Å². The van der Waals surface area contributed by atoms with Crippen LogP contribution in [0.15, 0.2) is 121 Å². The average molecular weight is 852 g/mol. The van der Waals surface area contributed by atoms with Crippen LogP contribution in [0.2, 0.25) is 0 Å². The number of hydrogen-bond acceptors (Lipinski definition) is 9. The molecule has 5 aromatic rings. The molecule has 16 heteroatoms. The van der Waals surface area contributed by atoms with Gasteiger partial charge in [-0.15, -0.1) is 0 Å². The van der Waals surface area contributed by atoms with E-state index in [4.69, 9.17) is 21.3 Å². The number of carbonyl (C=O) groups excluding carboxylic acids is 4. The van der Waals surface area contributed by atoms with Gasteiger partial charge in [0.2, 0.25) is 17.7 Å². The fourth-order valence-electron chi connectivity index (χ4n) is 6.83. The summed E-state index contributed by atoms with van der Waals surface area (Å²) >= 11 is 0. The number of carboxylic acids is 1. The standard InChI is InChI=1S/C45H50N5O10P/c46-23-9-8-16-38(43(53)50-40(45(55)56)26-30-18-21-35(22-19-30)60-61(57,58)59)48-44(54)39(25-29-10-2-1-3-11-29)49-42(52)37(47)28-34-14-6-7-15-36(34)41(51)27-31-17-20-32-12-4-5-13-33(32)24-31/h1-7,10-15,17-22,24,37-40H,8-9,16,23,25-28,46-47H2,(H,48,54)(H,49,52)(H,50,53)(H,55,56)(H2,57,58,59)/t37-,38-,39-,40-/m0/s1. The Balaban J connectivity index is 1.29. The summed E-state index contributed by atoms with van der Waals surface area (Å²) in [5.74, 6) is -3.81. The largest absolute Gasteiger partial charge is 0.524 e. The van der Waals surface area contributed by atoms with E-state index in [1.54, 1.807) is 54.6 Å². The molecule has 0 saturated heterocycles. The third-order valence-electron chi connectivity index (χ3n) is 9.97. The van der Waals surface area contributed by atoms with Gasteiger partial charge in [0.25, 0.3) is 0 Å². The Hall–Kier alpha value is -6.22. The summed E-state index contributed by atoms with van der Waals surface area (Å²) in [4.78, 5) is 85.5. The Bertz CT molecular complexity index is 2360. The van der Waals surface area contributed by atoms with Crippen LogP contribution in [0.3, 0.4) is 0 Å². The van der Waals surface area contributed by atoms with E-state index in [1.807, 2.05) is 42.5 Å². The number of nitrogens with one attached hydrogen (secondary N) is 3. The van der Waals surface area contributed by atoms with Gasteiger partial charge in [-0.05, 0) is 77.4 Å². The number of phosphoric ester groups is 1. The molecule has 61 heavy (non-hydrogen) atoms. The highest BCUT2D eigenvalue weighted by Gasteiger charge is 2.31. The highest BCUT2D eigenvalue weighted by Crippen LogP contribution is 2.37. The number of carbonyl (C=O) groups is 5. The molecule has 3 amide bonds. The lowest BCUT2D eigenvalue weighted by Crippen LogP contribution is -2.58. The first-order valence-electron chi connectivity index (χ1n) is 19.8. The number of hydrogen-bond donors (Lipinski definition) is 8. The molecule has 0 aliphatic carbocycles. The maximum atomic E-state index is 14.1. The summed E-state index contributed by atoms with van der Waals surface area (Å²) in [7, 11) is -4.81. The summed E-state index contributed by atoms with van der Waals surface area (Å²) < 4.78 is 15.7. The second-order valence-electron chi connectivity index (χ2n) is 14.7. The van der Waals surface area contributed by atoms with Crippen LogP contribution in [0.25, 0.3) is 10.8 Å². The van der Waals surface area contributed by atoms with Crippen molar-refractivity contribution in [2.75, 3.05) is 6.54 Å². The van der Waals surface area contributed by atoms with E-state index in [2.05, 4.69) is 20.5 Å². The van der Waals surface area contributed by atoms with Crippen LogP contribution < -0.4 is 31.9 Å². The van der Waals surface area contributed by atoms with Crippen LogP contribution in [0.5, 0.6) is 5.75 Å². The number of nitrogens with two attached hydrogens (primary N) is 2. The van der Waals surface area contributed by atoms with E-state index in [9.17, 15) is 33.6 Å². The molecule has 0 unspecified atom stereocenters. The van der Waals surface area contributed by atoms with Crippen LogP contribution in [-0.4, -0.2) is 75.1 Å². The van der Waals surface area contributed by atoms with Gasteiger partial charge >= 0.3 is 13.8 Å². The van der Waals surface area contributed by atoms with Gasteiger partial charge in [-0.2, -0.15) is 0 Å². The van der Waals surface area contributed by atoms with Crippen molar-refractivity contribution in [3.63, 3.8) is 0 Å². The predicted molar refractivity (Wildman–Crippen MR) is 229 cm³/mol. The van der Waals surface area contributed by atoms with Gasteiger partial charge in [0.05, 0.1) is 6.04 Å². The molecule has 0 aliphatic heterocycles. The summed E-state index contributed by atoms with van der Waals surface area (Å²) in [5, 5.41) is 20.0. The summed E-state index contributed by atoms with van der Waals surface area (Å²) in [5.41, 5.74) is 15.1. The molecule has 0 radical (unpaired) electrons. The lowest BCUT2D eigenvalue weighted by atomic mass is 9.94. The number of aliphatic carboxylic acids is 1. The molecule has 5 rings (SSSR count). The molecule has 10 N–H and O–H groups in total. The number of unbranched alkanes of at least 4 members (excludes halogenated alkanes) is 1. The first-order chi connectivity index (χ1) is 29.2. The van der Waals surface area contributed by atoms with Gasteiger partial charge in [0.15, 0.2) is 5.78 Å². The van der Waals surface area contributed by atoms with Crippen molar-refractivity contribution in [1.29, 1.82) is 0 Å². The Labute approximate surface area is 353 Å². The molecule has 0 spiro atoms. The van der Waals surface area contributed by atoms with Gasteiger partial charge in [0.1, 0.15) is 23.9 Å². The minimum Gasteiger partial charge on any atom is -0.480 e. The maximum Gasteiger partial charge on any atom is 0.524 e. The minimum atomic E-state index is -4.81. The summed E-state index contributed by atoms with van der Waals surface area (Å²) in [6.45, 7) is 0.310. The molecule has 0 bridgehead atoms. The summed E-state index contributed by atoms with van der Waals surface area (Å²) in [6, 6.07) is 29.8. The van der Waals surface area contributed by atoms with Crippen molar-refractivity contribution < 1.29 is 48.0 Å². The fraction of sp³-hybridized carbons (Fsp3) is 0.267. The molecule has 320 valence electrons. The van der Waals surface area contributed by atoms with E-state index in [-0.39, 0.29) is 43.6 Å². The number of Topliss-reactive ketones (excluding diaryl/α,β-unsaturated/α-hetero) is 1. The number of amides is 3. The lowest BCUT2D eigenvalue weighted by molar-refractivity contribution is -0.142. The number of rotatable bonds is 22. The topological polar surface area (TPSA) is 260 Å². The smallest absolute Gasteiger partial charge is 0.480 e. The molecule has 0 aromatic heterocycles. The van der Waals surface area contributed by atoms with Crippen molar-refractivity contribution in [1.82, 2.24) is 16.0 Å². The van der Waals surface area contributed by atoms with Crippen LogP contribution >= 0.6 is 7.82 Å². The van der Waals surface area contributed by atoms with Crippen LogP contribution in [0, 0.1) is 0 Å². The van der Waals surface area contributed by atoms with Crippen LogP contribution in [0.1, 0.15) is 51.9 Å². The zero-order chi connectivity index (χ0) is 43.9. The number of benzene rings is 5. The van der Waals surface area contributed by atoms with Crippen LogP contribution in [-0.2, 0) is 49.4 Å². The molecule has 5 aromatic carbocycles. The van der Waals surface area contributed by atoms with Crippen molar-refractivity contribution in [2.24, 2.45) is 11.5 Å². The molecule has 0 heterocycles. The Morgan fingerprint density at radius 2 is 1.20 bits per heavy atom. The van der Waals surface area contributed by atoms with Gasteiger partial charge in [-0.3, -0.25) is 29.0 Å². The number of fused-ring (bicyclic) bond motifs is 1. The Morgan fingerprint density at radius 3 is 1.89 bits per heavy atom. The number of carboxylic acid groups (broad SMARTS) is 1. The van der Waals surface area contributed by atoms with E-state index in [0.717, 1.165) is 16.3 Å². The van der Waals surface area contributed by atoms with E-state index >= 15 is 0 Å². The molecular weight excluding hydrogens is 801 g/mol. The zero-order valence-electron chi connectivity index (χ0n) is 33.3.